The molecule has 3 unspecified atom stereocenters. The summed E-state index contributed by atoms with van der Waals surface area (Å²) in [7, 11) is 0. The van der Waals surface area contributed by atoms with E-state index in [1.807, 2.05) is 13.8 Å². The van der Waals surface area contributed by atoms with Gasteiger partial charge in [0.25, 0.3) is 0 Å². The molecule has 1 heterocycles. The van der Waals surface area contributed by atoms with E-state index in [0.29, 0.717) is 0 Å². The summed E-state index contributed by atoms with van der Waals surface area (Å²) in [6, 6.07) is -0.897. The fraction of sp³-hybridized carbons (Fsp3) is 0.667. The minimum atomic E-state index is -0.469. The molecule has 4 nitrogen and oxygen atoms in total. The monoisotopic (exact) mass is 222 g/mol. The molecular formula is C12H18N2O2. The maximum Gasteiger partial charge on any atom is 0.246 e. The van der Waals surface area contributed by atoms with Crippen molar-refractivity contribution in [1.82, 2.24) is 10.2 Å². The van der Waals surface area contributed by atoms with Gasteiger partial charge < -0.3 is 10.2 Å². The van der Waals surface area contributed by atoms with Crippen LogP contribution in [0.15, 0.2) is 0 Å². The van der Waals surface area contributed by atoms with Crippen molar-refractivity contribution < 1.29 is 9.59 Å². The third-order valence-electron chi connectivity index (χ3n) is 3.17. The van der Waals surface area contributed by atoms with Crippen molar-refractivity contribution in [3.63, 3.8) is 0 Å². The standard InChI is InChI=1S/C12H18N2O2/c1-5-7-14-9(4)11(15)13-10(12(14)16)8(3)6-2/h1,8-10H,6-7H2,2-4H3,(H,13,15). The fourth-order valence-corrected chi connectivity index (χ4v) is 1.78. The van der Waals surface area contributed by atoms with Crippen molar-refractivity contribution in [2.24, 2.45) is 5.92 Å². The van der Waals surface area contributed by atoms with E-state index in [2.05, 4.69) is 11.2 Å². The first-order chi connectivity index (χ1) is 7.52. The van der Waals surface area contributed by atoms with Gasteiger partial charge in [-0.15, -0.1) is 6.42 Å². The van der Waals surface area contributed by atoms with E-state index in [1.165, 1.54) is 4.90 Å². The lowest BCUT2D eigenvalue weighted by atomic mass is 9.94. The second-order valence-corrected chi connectivity index (χ2v) is 4.22. The highest BCUT2D eigenvalue weighted by Crippen LogP contribution is 2.17. The molecule has 1 fully saturated rings. The molecule has 0 saturated carbocycles. The second-order valence-electron chi connectivity index (χ2n) is 4.22. The Morgan fingerprint density at radius 3 is 2.69 bits per heavy atom. The molecule has 1 rings (SSSR count). The van der Waals surface area contributed by atoms with Crippen LogP contribution < -0.4 is 5.32 Å². The SMILES string of the molecule is C#CCN1C(=O)C(C(C)CC)NC(=O)C1C. The van der Waals surface area contributed by atoms with Crippen LogP contribution in [0.4, 0.5) is 0 Å². The fourth-order valence-electron chi connectivity index (χ4n) is 1.78. The molecule has 1 N–H and O–H groups in total. The summed E-state index contributed by atoms with van der Waals surface area (Å²) in [5.74, 6) is 2.36. The highest BCUT2D eigenvalue weighted by Gasteiger charge is 2.39. The lowest BCUT2D eigenvalue weighted by Crippen LogP contribution is -2.64. The second kappa shape index (κ2) is 5.02. The molecular weight excluding hydrogens is 204 g/mol. The number of nitrogens with zero attached hydrogens (tertiary/aromatic N) is 1. The van der Waals surface area contributed by atoms with E-state index in [4.69, 9.17) is 6.42 Å². The number of carbonyl (C=O) groups is 2. The van der Waals surface area contributed by atoms with Crippen LogP contribution in [-0.2, 0) is 9.59 Å². The average Bonchev–Trinajstić information content (AvgIpc) is 2.28. The van der Waals surface area contributed by atoms with Crippen molar-refractivity contribution in [3.8, 4) is 12.3 Å². The highest BCUT2D eigenvalue weighted by molar-refractivity contribution is 5.97. The average molecular weight is 222 g/mol. The van der Waals surface area contributed by atoms with E-state index < -0.39 is 12.1 Å². The molecule has 0 spiro atoms. The van der Waals surface area contributed by atoms with Crippen LogP contribution in [0.1, 0.15) is 27.2 Å². The van der Waals surface area contributed by atoms with Gasteiger partial charge in [0, 0.05) is 0 Å². The Morgan fingerprint density at radius 1 is 1.56 bits per heavy atom. The number of amides is 2. The summed E-state index contributed by atoms with van der Waals surface area (Å²) < 4.78 is 0. The van der Waals surface area contributed by atoms with Crippen LogP contribution in [0.5, 0.6) is 0 Å². The van der Waals surface area contributed by atoms with Gasteiger partial charge in [0.05, 0.1) is 6.54 Å². The molecule has 1 aliphatic rings. The summed E-state index contributed by atoms with van der Waals surface area (Å²) in [6.45, 7) is 5.83. The Labute approximate surface area is 96.4 Å². The number of nitrogens with one attached hydrogen (secondary N) is 1. The van der Waals surface area contributed by atoms with Crippen LogP contribution >= 0.6 is 0 Å². The van der Waals surface area contributed by atoms with Gasteiger partial charge in [-0.25, -0.2) is 0 Å². The molecule has 2 amide bonds. The molecule has 16 heavy (non-hydrogen) atoms. The maximum atomic E-state index is 12.1. The first kappa shape index (κ1) is 12.6. The van der Waals surface area contributed by atoms with Crippen molar-refractivity contribution in [1.29, 1.82) is 0 Å². The van der Waals surface area contributed by atoms with E-state index in [1.54, 1.807) is 6.92 Å². The van der Waals surface area contributed by atoms with Crippen molar-refractivity contribution in [2.45, 2.75) is 39.3 Å². The smallest absolute Gasteiger partial charge is 0.246 e. The summed E-state index contributed by atoms with van der Waals surface area (Å²) in [5.41, 5.74) is 0. The van der Waals surface area contributed by atoms with Gasteiger partial charge >= 0.3 is 0 Å². The predicted octanol–water partition coefficient (Wildman–Crippen LogP) is 0.381. The third-order valence-corrected chi connectivity index (χ3v) is 3.17. The first-order valence-electron chi connectivity index (χ1n) is 5.57. The zero-order valence-corrected chi connectivity index (χ0v) is 9.99. The number of carbonyl (C=O) groups excluding carboxylic acids is 2. The molecule has 0 aromatic heterocycles. The van der Waals surface area contributed by atoms with Crippen LogP contribution in [0.2, 0.25) is 0 Å². The van der Waals surface area contributed by atoms with Crippen LogP contribution in [0.25, 0.3) is 0 Å². The number of terminal acetylenes is 1. The quantitative estimate of drug-likeness (QED) is 0.702. The molecule has 0 radical (unpaired) electrons. The van der Waals surface area contributed by atoms with Crippen molar-refractivity contribution in [2.75, 3.05) is 6.54 Å². The summed E-state index contributed by atoms with van der Waals surface area (Å²) in [6.07, 6.45) is 6.05. The molecule has 88 valence electrons. The van der Waals surface area contributed by atoms with E-state index >= 15 is 0 Å². The number of hydrogen-bond donors (Lipinski definition) is 1. The maximum absolute atomic E-state index is 12.1. The topological polar surface area (TPSA) is 49.4 Å². The minimum Gasteiger partial charge on any atom is -0.342 e. The zero-order valence-electron chi connectivity index (χ0n) is 9.99. The van der Waals surface area contributed by atoms with Crippen molar-refractivity contribution >= 4 is 11.8 Å². The zero-order chi connectivity index (χ0) is 12.3. The molecule has 0 aromatic rings. The number of rotatable bonds is 3. The number of piperazine rings is 1. The molecule has 1 saturated heterocycles. The Balaban J connectivity index is 2.89. The first-order valence-corrected chi connectivity index (χ1v) is 5.57. The van der Waals surface area contributed by atoms with E-state index in [0.717, 1.165) is 6.42 Å². The van der Waals surface area contributed by atoms with Gasteiger partial charge in [-0.3, -0.25) is 9.59 Å². The third kappa shape index (κ3) is 2.19. The molecule has 0 aliphatic carbocycles. The van der Waals surface area contributed by atoms with Crippen LogP contribution in [0.3, 0.4) is 0 Å². The van der Waals surface area contributed by atoms with E-state index in [9.17, 15) is 9.59 Å². The Morgan fingerprint density at radius 2 is 2.19 bits per heavy atom. The van der Waals surface area contributed by atoms with Gasteiger partial charge in [0.2, 0.25) is 11.8 Å². The highest BCUT2D eigenvalue weighted by atomic mass is 16.2. The Kier molecular flexibility index (Phi) is 3.94. The summed E-state index contributed by atoms with van der Waals surface area (Å²) in [5, 5.41) is 2.76. The Bertz CT molecular complexity index is 332. The predicted molar refractivity (Wildman–Crippen MR) is 61.4 cm³/mol. The van der Waals surface area contributed by atoms with Gasteiger partial charge in [-0.2, -0.15) is 0 Å². The van der Waals surface area contributed by atoms with Crippen molar-refractivity contribution in [3.05, 3.63) is 0 Å². The number of hydrogen-bond acceptors (Lipinski definition) is 2. The molecule has 0 bridgehead atoms. The molecule has 3 atom stereocenters. The summed E-state index contributed by atoms with van der Waals surface area (Å²) in [4.78, 5) is 25.2. The molecule has 0 aromatic carbocycles. The normalized spacial score (nSPS) is 27.2. The Hall–Kier alpha value is -1.50. The molecule has 4 heteroatoms. The lowest BCUT2D eigenvalue weighted by molar-refractivity contribution is -0.149. The largest absolute Gasteiger partial charge is 0.342 e. The van der Waals surface area contributed by atoms with Crippen LogP contribution in [0, 0.1) is 18.3 Å². The lowest BCUT2D eigenvalue weighted by Gasteiger charge is -2.38. The van der Waals surface area contributed by atoms with Gasteiger partial charge in [0.15, 0.2) is 0 Å². The minimum absolute atomic E-state index is 0.0700. The van der Waals surface area contributed by atoms with Gasteiger partial charge in [-0.1, -0.05) is 26.2 Å². The van der Waals surface area contributed by atoms with Crippen LogP contribution in [-0.4, -0.2) is 35.3 Å². The van der Waals surface area contributed by atoms with Gasteiger partial charge in [0.1, 0.15) is 12.1 Å². The molecule has 1 aliphatic heterocycles. The van der Waals surface area contributed by atoms with Gasteiger partial charge in [-0.05, 0) is 12.8 Å². The summed E-state index contributed by atoms with van der Waals surface area (Å²) >= 11 is 0. The van der Waals surface area contributed by atoms with E-state index in [-0.39, 0.29) is 24.3 Å².